The summed E-state index contributed by atoms with van der Waals surface area (Å²) in [6.07, 6.45) is -3.85. The molecule has 0 spiro atoms. The Bertz CT molecular complexity index is 371. The first-order chi connectivity index (χ1) is 8.82. The van der Waals surface area contributed by atoms with Gasteiger partial charge in [0.2, 0.25) is 11.8 Å². The van der Waals surface area contributed by atoms with Crippen molar-refractivity contribution < 1.29 is 27.6 Å². The molecule has 0 aromatic heterocycles. The second kappa shape index (κ2) is 6.39. The first-order valence-corrected chi connectivity index (χ1v) is 5.73. The molecule has 1 heterocycles. The molecule has 0 aromatic rings. The number of rotatable bonds is 4. The Hall–Kier alpha value is -1.80. The maximum atomic E-state index is 11.8. The molecule has 0 unspecified atom stereocenters. The average molecular weight is 281 g/mol. The van der Waals surface area contributed by atoms with Crippen LogP contribution in [-0.2, 0) is 14.4 Å². The van der Waals surface area contributed by atoms with E-state index in [1.807, 2.05) is 0 Å². The molecule has 1 aliphatic heterocycles. The van der Waals surface area contributed by atoms with Gasteiger partial charge in [-0.2, -0.15) is 13.2 Å². The third-order valence-electron chi connectivity index (χ3n) is 2.57. The molecule has 0 saturated carbocycles. The van der Waals surface area contributed by atoms with E-state index in [4.69, 9.17) is 0 Å². The highest BCUT2D eigenvalue weighted by atomic mass is 19.4. The van der Waals surface area contributed by atoms with E-state index in [9.17, 15) is 27.6 Å². The summed E-state index contributed by atoms with van der Waals surface area (Å²) in [5, 5.41) is 6.44. The summed E-state index contributed by atoms with van der Waals surface area (Å²) >= 11 is 0. The fraction of sp³-hybridized carbons (Fsp3) is 0.700. The summed E-state index contributed by atoms with van der Waals surface area (Å²) in [6, 6.07) is 0. The van der Waals surface area contributed by atoms with Crippen molar-refractivity contribution in [1.82, 2.24) is 16.0 Å². The Morgan fingerprint density at radius 3 is 2.47 bits per heavy atom. The molecule has 3 amide bonds. The molecular weight excluding hydrogens is 267 g/mol. The topological polar surface area (TPSA) is 87.3 Å². The predicted octanol–water partition coefficient (Wildman–Crippen LogP) is -0.693. The van der Waals surface area contributed by atoms with Crippen molar-refractivity contribution in [2.45, 2.75) is 19.0 Å². The number of halogens is 3. The summed E-state index contributed by atoms with van der Waals surface area (Å²) < 4.78 is 35.5. The van der Waals surface area contributed by atoms with Crippen molar-refractivity contribution in [3.8, 4) is 0 Å². The van der Waals surface area contributed by atoms with E-state index in [2.05, 4.69) is 10.6 Å². The molecule has 1 rings (SSSR count). The summed E-state index contributed by atoms with van der Waals surface area (Å²) in [7, 11) is 0. The Labute approximate surface area is 107 Å². The number of hydrogen-bond donors (Lipinski definition) is 3. The molecule has 108 valence electrons. The third-order valence-corrected chi connectivity index (χ3v) is 2.57. The molecule has 1 saturated heterocycles. The van der Waals surface area contributed by atoms with E-state index >= 15 is 0 Å². The van der Waals surface area contributed by atoms with E-state index in [1.165, 1.54) is 0 Å². The van der Waals surface area contributed by atoms with E-state index in [-0.39, 0.29) is 19.0 Å². The lowest BCUT2D eigenvalue weighted by atomic mass is 9.98. The van der Waals surface area contributed by atoms with Crippen LogP contribution in [-0.4, -0.2) is 43.5 Å². The first-order valence-electron chi connectivity index (χ1n) is 5.73. The second-order valence-corrected chi connectivity index (χ2v) is 4.03. The van der Waals surface area contributed by atoms with Crippen LogP contribution in [0.15, 0.2) is 0 Å². The van der Waals surface area contributed by atoms with Gasteiger partial charge in [-0.05, 0) is 12.8 Å². The molecule has 0 aromatic carbocycles. The van der Waals surface area contributed by atoms with Gasteiger partial charge in [0.15, 0.2) is 0 Å². The largest absolute Gasteiger partial charge is 0.471 e. The van der Waals surface area contributed by atoms with E-state index < -0.39 is 23.9 Å². The maximum Gasteiger partial charge on any atom is 0.471 e. The van der Waals surface area contributed by atoms with Crippen molar-refractivity contribution in [3.63, 3.8) is 0 Å². The minimum absolute atomic E-state index is 0.162. The number of amides is 3. The van der Waals surface area contributed by atoms with E-state index in [1.54, 1.807) is 5.32 Å². The minimum atomic E-state index is -4.94. The summed E-state index contributed by atoms with van der Waals surface area (Å²) in [4.78, 5) is 33.3. The molecule has 6 nitrogen and oxygen atoms in total. The summed E-state index contributed by atoms with van der Waals surface area (Å²) in [6.45, 7) is 0.00705. The van der Waals surface area contributed by atoms with Crippen molar-refractivity contribution in [2.24, 2.45) is 5.92 Å². The van der Waals surface area contributed by atoms with E-state index in [0.717, 1.165) is 0 Å². The van der Waals surface area contributed by atoms with Crippen LogP contribution in [0.4, 0.5) is 13.2 Å². The lowest BCUT2D eigenvalue weighted by Crippen LogP contribution is -2.47. The Balaban J connectivity index is 2.24. The number of alkyl halides is 3. The third kappa shape index (κ3) is 4.76. The highest BCUT2D eigenvalue weighted by molar-refractivity contribution is 6.00. The van der Waals surface area contributed by atoms with Gasteiger partial charge in [-0.15, -0.1) is 0 Å². The monoisotopic (exact) mass is 281 g/mol. The van der Waals surface area contributed by atoms with Gasteiger partial charge in [-0.3, -0.25) is 14.4 Å². The molecule has 1 fully saturated rings. The van der Waals surface area contributed by atoms with Gasteiger partial charge in [-0.1, -0.05) is 0 Å². The number of hydrogen-bond acceptors (Lipinski definition) is 3. The van der Waals surface area contributed by atoms with Crippen LogP contribution in [0, 0.1) is 5.92 Å². The van der Waals surface area contributed by atoms with Crippen LogP contribution in [0.25, 0.3) is 0 Å². The van der Waals surface area contributed by atoms with Gasteiger partial charge in [-0.25, -0.2) is 0 Å². The Kier molecular flexibility index (Phi) is 5.13. The van der Waals surface area contributed by atoms with Crippen LogP contribution in [0.2, 0.25) is 0 Å². The van der Waals surface area contributed by atoms with Crippen LogP contribution < -0.4 is 16.0 Å². The Morgan fingerprint density at radius 1 is 1.26 bits per heavy atom. The van der Waals surface area contributed by atoms with Gasteiger partial charge in [0.1, 0.15) is 5.92 Å². The van der Waals surface area contributed by atoms with Gasteiger partial charge in [0.25, 0.3) is 0 Å². The quantitative estimate of drug-likeness (QED) is 0.471. The fourth-order valence-electron chi connectivity index (χ4n) is 1.61. The first kappa shape index (κ1) is 15.3. The molecule has 9 heteroatoms. The highest BCUT2D eigenvalue weighted by Crippen LogP contribution is 2.13. The van der Waals surface area contributed by atoms with Gasteiger partial charge < -0.3 is 16.0 Å². The summed E-state index contributed by atoms with van der Waals surface area (Å²) in [5.41, 5.74) is 0. The zero-order valence-corrected chi connectivity index (χ0v) is 9.97. The van der Waals surface area contributed by atoms with Gasteiger partial charge in [0.05, 0.1) is 0 Å². The van der Waals surface area contributed by atoms with Crippen molar-refractivity contribution >= 4 is 17.7 Å². The lowest BCUT2D eigenvalue weighted by molar-refractivity contribution is -0.173. The smallest absolute Gasteiger partial charge is 0.355 e. The molecule has 19 heavy (non-hydrogen) atoms. The highest BCUT2D eigenvalue weighted by Gasteiger charge is 2.38. The van der Waals surface area contributed by atoms with Crippen molar-refractivity contribution in [2.75, 3.05) is 19.6 Å². The molecule has 3 N–H and O–H groups in total. The molecule has 1 atom stereocenters. The normalized spacial score (nSPS) is 19.5. The Morgan fingerprint density at radius 2 is 1.89 bits per heavy atom. The zero-order valence-electron chi connectivity index (χ0n) is 9.97. The summed E-state index contributed by atoms with van der Waals surface area (Å²) in [5.74, 6) is -3.80. The molecule has 1 aliphatic rings. The molecule has 0 aliphatic carbocycles. The molecule has 0 radical (unpaired) electrons. The average Bonchev–Trinajstić information content (AvgIpc) is 2.33. The van der Waals surface area contributed by atoms with Crippen molar-refractivity contribution in [1.29, 1.82) is 0 Å². The van der Waals surface area contributed by atoms with Crippen LogP contribution >= 0.6 is 0 Å². The predicted molar refractivity (Wildman–Crippen MR) is 57.8 cm³/mol. The lowest BCUT2D eigenvalue weighted by Gasteiger charge is -2.21. The number of carbonyl (C=O) groups excluding carboxylic acids is 3. The number of piperidine rings is 1. The molecule has 0 bridgehead atoms. The standard InChI is InChI=1S/C10H14F3N3O3/c11-10(12,13)9(19)16-5-4-15-8(18)6-2-1-3-14-7(6)17/h6H,1-5H2,(H,14,17)(H,15,18)(H,16,19)/t6-/m0/s1. The maximum absolute atomic E-state index is 11.8. The molecular formula is C10H14F3N3O3. The van der Waals surface area contributed by atoms with Crippen LogP contribution in [0.5, 0.6) is 0 Å². The van der Waals surface area contributed by atoms with Gasteiger partial charge >= 0.3 is 12.1 Å². The fourth-order valence-corrected chi connectivity index (χ4v) is 1.61. The second-order valence-electron chi connectivity index (χ2n) is 4.03. The number of carbonyl (C=O) groups is 3. The SMILES string of the molecule is O=C1NCCC[C@@H]1C(=O)NCCNC(=O)C(F)(F)F. The van der Waals surface area contributed by atoms with Gasteiger partial charge in [0, 0.05) is 19.6 Å². The minimum Gasteiger partial charge on any atom is -0.355 e. The van der Waals surface area contributed by atoms with Crippen LogP contribution in [0.1, 0.15) is 12.8 Å². The van der Waals surface area contributed by atoms with Crippen LogP contribution in [0.3, 0.4) is 0 Å². The number of nitrogens with one attached hydrogen (secondary N) is 3. The van der Waals surface area contributed by atoms with E-state index in [0.29, 0.717) is 19.4 Å². The zero-order chi connectivity index (χ0) is 14.5. The van der Waals surface area contributed by atoms with Crippen molar-refractivity contribution in [3.05, 3.63) is 0 Å².